The molecule has 17 heavy (non-hydrogen) atoms. The van der Waals surface area contributed by atoms with Crippen molar-refractivity contribution in [2.45, 2.75) is 19.6 Å². The molecule has 6 heteroatoms. The van der Waals surface area contributed by atoms with Crippen molar-refractivity contribution in [3.05, 3.63) is 27.6 Å². The van der Waals surface area contributed by atoms with Gasteiger partial charge in [-0.25, -0.2) is 4.98 Å². The average molecular weight is 253 g/mol. The molecule has 0 amide bonds. The number of ether oxygens (including phenoxy) is 1. The summed E-state index contributed by atoms with van der Waals surface area (Å²) in [4.78, 5) is 18.7. The summed E-state index contributed by atoms with van der Waals surface area (Å²) in [7, 11) is 1.87. The van der Waals surface area contributed by atoms with Crippen LogP contribution in [0.2, 0.25) is 0 Å². The fourth-order valence-electron chi connectivity index (χ4n) is 1.56. The van der Waals surface area contributed by atoms with E-state index in [2.05, 4.69) is 15.3 Å². The van der Waals surface area contributed by atoms with Crippen LogP contribution in [0, 0.1) is 0 Å². The Kier molecular flexibility index (Phi) is 3.88. The molecule has 2 rings (SSSR count). The van der Waals surface area contributed by atoms with Crippen LogP contribution in [-0.4, -0.2) is 29.7 Å². The summed E-state index contributed by atoms with van der Waals surface area (Å²) >= 11 is 1.40. The smallest absolute Gasteiger partial charge is 0.268 e. The lowest BCUT2D eigenvalue weighted by Gasteiger charge is -2.11. The van der Waals surface area contributed by atoms with Gasteiger partial charge in [0.15, 0.2) is 0 Å². The van der Waals surface area contributed by atoms with E-state index in [-0.39, 0.29) is 11.7 Å². The Balaban J connectivity index is 2.11. The monoisotopic (exact) mass is 253 g/mol. The molecule has 0 fully saturated rings. The Labute approximate surface area is 103 Å². The number of nitrogens with one attached hydrogen (secondary N) is 2. The topological polar surface area (TPSA) is 67.0 Å². The lowest BCUT2D eigenvalue weighted by molar-refractivity contribution is 0.0504. The molecule has 0 saturated carbocycles. The molecule has 2 N–H and O–H groups in total. The van der Waals surface area contributed by atoms with E-state index in [1.165, 1.54) is 11.3 Å². The molecule has 2 aromatic rings. The predicted molar refractivity (Wildman–Crippen MR) is 68.4 cm³/mol. The standard InChI is InChI=1S/C11H15N3O2S/c1-7(5-12-2)16-6-9-13-8-3-4-17-10(8)11(15)14-9/h3-4,7,12H,5-6H2,1-2H3,(H,13,14,15). The van der Waals surface area contributed by atoms with Gasteiger partial charge in [0.25, 0.3) is 5.56 Å². The van der Waals surface area contributed by atoms with Crippen molar-refractivity contribution in [1.82, 2.24) is 15.3 Å². The van der Waals surface area contributed by atoms with Crippen molar-refractivity contribution in [2.24, 2.45) is 0 Å². The summed E-state index contributed by atoms with van der Waals surface area (Å²) in [5, 5.41) is 4.89. The molecule has 5 nitrogen and oxygen atoms in total. The van der Waals surface area contributed by atoms with Gasteiger partial charge >= 0.3 is 0 Å². The van der Waals surface area contributed by atoms with Crippen molar-refractivity contribution in [3.8, 4) is 0 Å². The molecule has 0 spiro atoms. The quantitative estimate of drug-likeness (QED) is 0.837. The van der Waals surface area contributed by atoms with E-state index in [0.29, 0.717) is 17.1 Å². The third-order valence-corrected chi connectivity index (χ3v) is 3.26. The predicted octanol–water partition coefficient (Wildman–Crippen LogP) is 1.11. The highest BCUT2D eigenvalue weighted by molar-refractivity contribution is 7.17. The molecule has 0 bridgehead atoms. The van der Waals surface area contributed by atoms with Crippen LogP contribution in [0.5, 0.6) is 0 Å². The summed E-state index contributed by atoms with van der Waals surface area (Å²) in [6.45, 7) is 3.06. The fraction of sp³-hybridized carbons (Fsp3) is 0.455. The zero-order valence-corrected chi connectivity index (χ0v) is 10.6. The van der Waals surface area contributed by atoms with Crippen LogP contribution in [-0.2, 0) is 11.3 Å². The lowest BCUT2D eigenvalue weighted by atomic mass is 10.4. The van der Waals surface area contributed by atoms with Crippen LogP contribution in [0.1, 0.15) is 12.7 Å². The van der Waals surface area contributed by atoms with E-state index in [9.17, 15) is 4.79 Å². The van der Waals surface area contributed by atoms with E-state index in [0.717, 1.165) is 12.1 Å². The van der Waals surface area contributed by atoms with Crippen molar-refractivity contribution in [2.75, 3.05) is 13.6 Å². The first-order valence-electron chi connectivity index (χ1n) is 5.43. The van der Waals surface area contributed by atoms with E-state index < -0.39 is 0 Å². The van der Waals surface area contributed by atoms with Gasteiger partial charge in [0.05, 0.1) is 11.6 Å². The molecule has 0 saturated heterocycles. The third-order valence-electron chi connectivity index (χ3n) is 2.36. The Hall–Kier alpha value is -1.24. The second kappa shape index (κ2) is 5.39. The van der Waals surface area contributed by atoms with Crippen LogP contribution in [0.3, 0.4) is 0 Å². The molecular weight excluding hydrogens is 238 g/mol. The molecule has 2 aromatic heterocycles. The van der Waals surface area contributed by atoms with E-state index >= 15 is 0 Å². The zero-order chi connectivity index (χ0) is 12.3. The van der Waals surface area contributed by atoms with Crippen LogP contribution in [0.4, 0.5) is 0 Å². The number of rotatable bonds is 5. The number of aromatic nitrogens is 2. The van der Waals surface area contributed by atoms with Crippen molar-refractivity contribution >= 4 is 21.6 Å². The van der Waals surface area contributed by atoms with Gasteiger partial charge in [-0.05, 0) is 25.4 Å². The summed E-state index contributed by atoms with van der Waals surface area (Å²) in [6, 6.07) is 1.84. The van der Waals surface area contributed by atoms with Crippen molar-refractivity contribution in [3.63, 3.8) is 0 Å². The molecule has 0 aliphatic rings. The van der Waals surface area contributed by atoms with Gasteiger partial charge in [-0.3, -0.25) is 4.79 Å². The number of aromatic amines is 1. The summed E-state index contributed by atoms with van der Waals surface area (Å²) in [5.74, 6) is 0.573. The first-order chi connectivity index (χ1) is 8.20. The number of hydrogen-bond acceptors (Lipinski definition) is 5. The maximum atomic E-state index is 11.7. The molecular formula is C11H15N3O2S. The minimum Gasteiger partial charge on any atom is -0.369 e. The van der Waals surface area contributed by atoms with Crippen LogP contribution in [0.25, 0.3) is 10.2 Å². The van der Waals surface area contributed by atoms with E-state index in [1.54, 1.807) is 0 Å². The zero-order valence-electron chi connectivity index (χ0n) is 9.82. The summed E-state index contributed by atoms with van der Waals surface area (Å²) in [6.07, 6.45) is 0.0865. The maximum Gasteiger partial charge on any atom is 0.268 e. The van der Waals surface area contributed by atoms with Crippen molar-refractivity contribution < 1.29 is 4.74 Å². The van der Waals surface area contributed by atoms with Crippen LogP contribution < -0.4 is 10.9 Å². The van der Waals surface area contributed by atoms with Gasteiger partial charge < -0.3 is 15.0 Å². The minimum absolute atomic E-state index is 0.0865. The normalized spacial score (nSPS) is 13.1. The second-order valence-corrected chi connectivity index (χ2v) is 4.74. The van der Waals surface area contributed by atoms with Crippen LogP contribution >= 0.6 is 11.3 Å². The molecule has 1 atom stereocenters. The number of likely N-dealkylation sites (N-methyl/N-ethyl adjacent to an activating group) is 1. The van der Waals surface area contributed by atoms with Gasteiger partial charge in [-0.2, -0.15) is 0 Å². The number of H-pyrrole nitrogens is 1. The molecule has 0 aromatic carbocycles. The Bertz CT molecular complexity index is 549. The molecule has 92 valence electrons. The molecule has 2 heterocycles. The SMILES string of the molecule is CNCC(C)OCc1nc2ccsc2c(=O)[nH]1. The van der Waals surface area contributed by atoms with E-state index in [1.807, 2.05) is 25.4 Å². The number of hydrogen-bond donors (Lipinski definition) is 2. The van der Waals surface area contributed by atoms with Gasteiger partial charge in [-0.1, -0.05) is 0 Å². The molecule has 0 aliphatic heterocycles. The number of thiophene rings is 1. The number of nitrogens with zero attached hydrogens (tertiary/aromatic N) is 1. The highest BCUT2D eigenvalue weighted by Gasteiger charge is 2.06. The second-order valence-electron chi connectivity index (χ2n) is 3.83. The highest BCUT2D eigenvalue weighted by atomic mass is 32.1. The Morgan fingerprint density at radius 2 is 2.47 bits per heavy atom. The highest BCUT2D eigenvalue weighted by Crippen LogP contribution is 2.13. The average Bonchev–Trinajstić information content (AvgIpc) is 2.75. The fourth-order valence-corrected chi connectivity index (χ4v) is 2.28. The summed E-state index contributed by atoms with van der Waals surface area (Å²) < 4.78 is 6.22. The first kappa shape index (κ1) is 12.2. The number of fused-ring (bicyclic) bond motifs is 1. The molecule has 1 unspecified atom stereocenters. The largest absolute Gasteiger partial charge is 0.369 e. The molecule has 0 aliphatic carbocycles. The van der Waals surface area contributed by atoms with Crippen LogP contribution in [0.15, 0.2) is 16.2 Å². The first-order valence-corrected chi connectivity index (χ1v) is 6.31. The molecule has 0 radical (unpaired) electrons. The lowest BCUT2D eigenvalue weighted by Crippen LogP contribution is -2.24. The van der Waals surface area contributed by atoms with Gasteiger partial charge in [-0.15, -0.1) is 11.3 Å². The van der Waals surface area contributed by atoms with Gasteiger partial charge in [0, 0.05) is 6.54 Å². The minimum atomic E-state index is -0.0927. The third kappa shape index (κ3) is 2.91. The maximum absolute atomic E-state index is 11.7. The Morgan fingerprint density at radius 1 is 1.65 bits per heavy atom. The van der Waals surface area contributed by atoms with E-state index in [4.69, 9.17) is 4.74 Å². The Morgan fingerprint density at radius 3 is 3.24 bits per heavy atom. The van der Waals surface area contributed by atoms with Gasteiger partial charge in [0.1, 0.15) is 17.1 Å². The van der Waals surface area contributed by atoms with Gasteiger partial charge in [0.2, 0.25) is 0 Å². The summed E-state index contributed by atoms with van der Waals surface area (Å²) in [5.41, 5.74) is 0.642. The van der Waals surface area contributed by atoms with Crippen molar-refractivity contribution in [1.29, 1.82) is 0 Å².